The summed E-state index contributed by atoms with van der Waals surface area (Å²) in [5.74, 6) is -5.32. The maximum absolute atomic E-state index is 14.0. The molecule has 11 nitrogen and oxygen atoms in total. The molecule has 2 aliphatic rings. The van der Waals surface area contributed by atoms with Crippen LogP contribution >= 0.6 is 0 Å². The molecule has 0 radical (unpaired) electrons. The van der Waals surface area contributed by atoms with Crippen LogP contribution in [0.1, 0.15) is 77.8 Å². The SMILES string of the molecule is CCC(=O)N[C@H](Cc1ccc(CNC(=O)[C@H](c2cc(C(N)=O)n(C)n2)C2CCC(F)(F)CC2)cc1)C(=O)N1CCN(Cc2ccccc2)CC1. The summed E-state index contributed by atoms with van der Waals surface area (Å²) in [5.41, 5.74) is 8.80. The van der Waals surface area contributed by atoms with Gasteiger partial charge in [-0.05, 0) is 41.5 Å². The van der Waals surface area contributed by atoms with E-state index in [1.807, 2.05) is 47.4 Å². The fraction of sp³-hybridized carbons (Fsp3) is 0.486. The number of halogens is 2. The first-order valence-electron chi connectivity index (χ1n) is 17.3. The first-order chi connectivity index (χ1) is 23.9. The number of nitrogens with one attached hydrogen (secondary N) is 2. The van der Waals surface area contributed by atoms with Crippen LogP contribution in [0.25, 0.3) is 0 Å². The van der Waals surface area contributed by atoms with E-state index in [1.165, 1.54) is 16.3 Å². The molecular formula is C37H47F2N7O4. The maximum atomic E-state index is 14.0. The van der Waals surface area contributed by atoms with Gasteiger partial charge in [0.1, 0.15) is 11.7 Å². The topological polar surface area (TPSA) is 143 Å². The van der Waals surface area contributed by atoms with Gasteiger partial charge in [0.05, 0.1) is 11.6 Å². The Morgan fingerprint density at radius 2 is 1.58 bits per heavy atom. The van der Waals surface area contributed by atoms with Crippen molar-refractivity contribution in [3.05, 3.63) is 88.7 Å². The van der Waals surface area contributed by atoms with Crippen LogP contribution in [0.3, 0.4) is 0 Å². The molecule has 0 spiro atoms. The molecule has 268 valence electrons. The number of carbonyl (C=O) groups is 4. The minimum absolute atomic E-state index is 0.108. The minimum atomic E-state index is -2.76. The smallest absolute Gasteiger partial charge is 0.266 e. The molecule has 5 rings (SSSR count). The predicted octanol–water partition coefficient (Wildman–Crippen LogP) is 3.53. The van der Waals surface area contributed by atoms with Crippen LogP contribution < -0.4 is 16.4 Å². The first-order valence-corrected chi connectivity index (χ1v) is 17.3. The second kappa shape index (κ2) is 16.4. The number of aromatic nitrogens is 2. The third-order valence-corrected chi connectivity index (χ3v) is 9.80. The number of nitrogens with two attached hydrogens (primary N) is 1. The molecule has 1 saturated heterocycles. The number of benzene rings is 2. The Morgan fingerprint density at radius 3 is 2.18 bits per heavy atom. The number of carbonyl (C=O) groups excluding carboxylic acids is 4. The third-order valence-electron chi connectivity index (χ3n) is 9.80. The van der Waals surface area contributed by atoms with Crippen molar-refractivity contribution in [2.45, 2.75) is 76.4 Å². The van der Waals surface area contributed by atoms with Crippen LogP contribution in [0.4, 0.5) is 8.78 Å². The minimum Gasteiger partial charge on any atom is -0.364 e. The normalized spacial score (nSPS) is 17.9. The zero-order chi connectivity index (χ0) is 35.8. The van der Waals surface area contributed by atoms with Crippen molar-refractivity contribution in [2.75, 3.05) is 26.2 Å². The van der Waals surface area contributed by atoms with E-state index in [4.69, 9.17) is 5.73 Å². The van der Waals surface area contributed by atoms with E-state index >= 15 is 0 Å². The Bertz CT molecular complexity index is 1630. The lowest BCUT2D eigenvalue weighted by Crippen LogP contribution is -2.55. The van der Waals surface area contributed by atoms with Gasteiger partial charge in [0.2, 0.25) is 23.6 Å². The number of hydrogen-bond donors (Lipinski definition) is 3. The van der Waals surface area contributed by atoms with E-state index in [-0.39, 0.29) is 68.0 Å². The molecule has 3 aromatic rings. The number of rotatable bonds is 13. The van der Waals surface area contributed by atoms with Crippen LogP contribution in [0.15, 0.2) is 60.7 Å². The van der Waals surface area contributed by atoms with Crippen molar-refractivity contribution in [1.29, 1.82) is 0 Å². The lowest BCUT2D eigenvalue weighted by atomic mass is 9.76. The zero-order valence-corrected chi connectivity index (χ0v) is 28.7. The molecule has 2 atom stereocenters. The number of piperazine rings is 1. The van der Waals surface area contributed by atoms with Gasteiger partial charge in [-0.3, -0.25) is 28.8 Å². The number of aryl methyl sites for hydroxylation is 1. The molecule has 4 amide bonds. The number of nitrogens with zero attached hydrogens (tertiary/aromatic N) is 4. The molecule has 1 aliphatic heterocycles. The largest absolute Gasteiger partial charge is 0.364 e. The molecule has 4 N–H and O–H groups in total. The first kappa shape index (κ1) is 36.6. The van der Waals surface area contributed by atoms with E-state index in [2.05, 4.69) is 32.8 Å². The quantitative estimate of drug-likeness (QED) is 0.251. The summed E-state index contributed by atoms with van der Waals surface area (Å²) >= 11 is 0. The van der Waals surface area contributed by atoms with Gasteiger partial charge in [-0.15, -0.1) is 0 Å². The number of amides is 4. The van der Waals surface area contributed by atoms with Crippen molar-refractivity contribution < 1.29 is 28.0 Å². The molecule has 0 bridgehead atoms. The van der Waals surface area contributed by atoms with Gasteiger partial charge in [-0.2, -0.15) is 5.10 Å². The molecule has 1 aromatic heterocycles. The van der Waals surface area contributed by atoms with Crippen molar-refractivity contribution in [3.63, 3.8) is 0 Å². The summed E-state index contributed by atoms with van der Waals surface area (Å²) in [6.07, 6.45) is 0.258. The molecule has 2 aromatic carbocycles. The van der Waals surface area contributed by atoms with E-state index in [0.717, 1.165) is 30.8 Å². The summed E-state index contributed by atoms with van der Waals surface area (Å²) in [6, 6.07) is 18.4. The Balaban J connectivity index is 1.20. The Morgan fingerprint density at radius 1 is 0.940 bits per heavy atom. The highest BCUT2D eigenvalue weighted by molar-refractivity contribution is 5.92. The molecule has 2 fully saturated rings. The van der Waals surface area contributed by atoms with Gasteiger partial charge in [0.25, 0.3) is 5.91 Å². The van der Waals surface area contributed by atoms with Gasteiger partial charge >= 0.3 is 0 Å². The van der Waals surface area contributed by atoms with Gasteiger partial charge in [-0.25, -0.2) is 8.78 Å². The second-order valence-electron chi connectivity index (χ2n) is 13.4. The standard InChI is InChI=1S/C37H47F2N7O4/c1-3-32(47)42-30(36(50)46-19-17-45(18-20-46)24-27-7-5-4-6-8-27)21-25-9-11-26(12-10-25)23-41-35(49)33(28-13-15-37(38,39)16-14-28)29-22-31(34(40)48)44(2)43-29/h4-12,22,28,30,33H,3,13-21,23-24H2,1-2H3,(H2,40,48)(H,41,49)(H,42,47)/t30-,33+/m1/s1. The Kier molecular flexibility index (Phi) is 12.0. The third kappa shape index (κ3) is 9.52. The zero-order valence-electron chi connectivity index (χ0n) is 28.7. The number of alkyl halides is 2. The molecule has 1 saturated carbocycles. The van der Waals surface area contributed by atoms with E-state index in [9.17, 15) is 28.0 Å². The van der Waals surface area contributed by atoms with Crippen molar-refractivity contribution in [2.24, 2.45) is 18.7 Å². The summed E-state index contributed by atoms with van der Waals surface area (Å²) in [7, 11) is 1.55. The highest BCUT2D eigenvalue weighted by atomic mass is 19.3. The van der Waals surface area contributed by atoms with Crippen LogP contribution in [0.5, 0.6) is 0 Å². The average Bonchev–Trinajstić information content (AvgIpc) is 3.49. The highest BCUT2D eigenvalue weighted by Gasteiger charge is 2.41. The van der Waals surface area contributed by atoms with Crippen LogP contribution in [-0.2, 0) is 40.9 Å². The van der Waals surface area contributed by atoms with Crippen LogP contribution in [-0.4, -0.2) is 81.4 Å². The summed E-state index contributed by atoms with van der Waals surface area (Å²) < 4.78 is 29.3. The van der Waals surface area contributed by atoms with Crippen LogP contribution in [0, 0.1) is 5.92 Å². The number of hydrogen-bond acceptors (Lipinski definition) is 6. The summed E-state index contributed by atoms with van der Waals surface area (Å²) in [6.45, 7) is 5.40. The lowest BCUT2D eigenvalue weighted by Gasteiger charge is -2.36. The second-order valence-corrected chi connectivity index (χ2v) is 13.4. The summed E-state index contributed by atoms with van der Waals surface area (Å²) in [5, 5.41) is 10.2. The van der Waals surface area contributed by atoms with E-state index in [0.29, 0.717) is 25.2 Å². The van der Waals surface area contributed by atoms with Crippen molar-refractivity contribution >= 4 is 23.6 Å². The maximum Gasteiger partial charge on any atom is 0.266 e. The molecule has 50 heavy (non-hydrogen) atoms. The molecule has 13 heteroatoms. The monoisotopic (exact) mass is 691 g/mol. The molecule has 1 aliphatic carbocycles. The summed E-state index contributed by atoms with van der Waals surface area (Å²) in [4.78, 5) is 55.7. The van der Waals surface area contributed by atoms with Gasteiger partial charge < -0.3 is 21.3 Å². The van der Waals surface area contributed by atoms with Crippen molar-refractivity contribution in [3.8, 4) is 0 Å². The average molecular weight is 692 g/mol. The molecular weight excluding hydrogens is 644 g/mol. The fourth-order valence-corrected chi connectivity index (χ4v) is 6.87. The van der Waals surface area contributed by atoms with Gasteiger partial charge in [0.15, 0.2) is 0 Å². The van der Waals surface area contributed by atoms with E-state index < -0.39 is 23.8 Å². The van der Waals surface area contributed by atoms with E-state index in [1.54, 1.807) is 14.0 Å². The highest BCUT2D eigenvalue weighted by Crippen LogP contribution is 2.42. The van der Waals surface area contributed by atoms with Crippen molar-refractivity contribution in [1.82, 2.24) is 30.2 Å². The fourth-order valence-electron chi connectivity index (χ4n) is 6.87. The van der Waals surface area contributed by atoms with Crippen LogP contribution in [0.2, 0.25) is 0 Å². The molecule has 2 heterocycles. The van der Waals surface area contributed by atoms with Gasteiger partial charge in [-0.1, -0.05) is 61.5 Å². The Hall–Kier alpha value is -4.65. The Labute approximate surface area is 291 Å². The molecule has 0 unspecified atom stereocenters. The van der Waals surface area contributed by atoms with Gasteiger partial charge in [0, 0.05) is 72.0 Å². The number of primary amides is 1. The predicted molar refractivity (Wildman–Crippen MR) is 184 cm³/mol. The lowest BCUT2D eigenvalue weighted by molar-refractivity contribution is -0.138.